The quantitative estimate of drug-likeness (QED) is 0.646. The summed E-state index contributed by atoms with van der Waals surface area (Å²) >= 11 is 0. The van der Waals surface area contributed by atoms with Gasteiger partial charge in [0.2, 0.25) is 11.8 Å². The monoisotopic (exact) mass is 285 g/mol. The van der Waals surface area contributed by atoms with Crippen molar-refractivity contribution in [2.24, 2.45) is 0 Å². The van der Waals surface area contributed by atoms with Crippen molar-refractivity contribution in [3.05, 3.63) is 51.7 Å². The lowest BCUT2D eigenvalue weighted by Gasteiger charge is -2.30. The number of fused-ring (bicyclic) bond motifs is 1. The van der Waals surface area contributed by atoms with E-state index in [0.717, 1.165) is 6.42 Å². The summed E-state index contributed by atoms with van der Waals surface area (Å²) in [6, 6.07) is 8.24. The largest absolute Gasteiger partial charge is 0.364 e. The number of hydrogen-bond donors (Lipinski definition) is 2. The fraction of sp³-hybridized carbons (Fsp3) is 0.286. The van der Waals surface area contributed by atoms with Crippen LogP contribution in [0.1, 0.15) is 17.0 Å². The van der Waals surface area contributed by atoms with Crippen LogP contribution in [0.25, 0.3) is 0 Å². The van der Waals surface area contributed by atoms with Gasteiger partial charge in [-0.1, -0.05) is 24.3 Å². The minimum absolute atomic E-state index is 0.110. The summed E-state index contributed by atoms with van der Waals surface area (Å²) in [5.74, 6) is 0.981. The third-order valence-electron chi connectivity index (χ3n) is 3.67. The number of nitrogens with one attached hydrogen (secondary N) is 2. The maximum Gasteiger partial charge on any atom is 0.329 e. The van der Waals surface area contributed by atoms with Crippen molar-refractivity contribution >= 4 is 17.5 Å². The van der Waals surface area contributed by atoms with E-state index in [4.69, 9.17) is 0 Å². The zero-order chi connectivity index (χ0) is 14.8. The maximum absolute atomic E-state index is 11.0. The number of aromatic nitrogens is 2. The van der Waals surface area contributed by atoms with Gasteiger partial charge in [0, 0.05) is 19.5 Å². The highest BCUT2D eigenvalue weighted by Crippen LogP contribution is 2.35. The van der Waals surface area contributed by atoms with Crippen LogP contribution in [0.2, 0.25) is 0 Å². The van der Waals surface area contributed by atoms with E-state index in [1.54, 1.807) is 7.05 Å². The summed E-state index contributed by atoms with van der Waals surface area (Å²) < 4.78 is 0. The molecule has 2 aromatic rings. The fourth-order valence-electron chi connectivity index (χ4n) is 2.52. The fourth-order valence-corrected chi connectivity index (χ4v) is 2.52. The highest BCUT2D eigenvalue weighted by Gasteiger charge is 2.26. The molecule has 0 amide bonds. The highest BCUT2D eigenvalue weighted by molar-refractivity contribution is 5.57. The molecule has 0 bridgehead atoms. The van der Waals surface area contributed by atoms with Crippen LogP contribution in [0.3, 0.4) is 0 Å². The predicted octanol–water partition coefficient (Wildman–Crippen LogP) is 2.18. The molecule has 7 nitrogen and oxygen atoms in total. The van der Waals surface area contributed by atoms with E-state index in [2.05, 4.69) is 32.7 Å². The molecule has 1 atom stereocenters. The van der Waals surface area contributed by atoms with Crippen molar-refractivity contribution < 1.29 is 4.92 Å². The summed E-state index contributed by atoms with van der Waals surface area (Å²) in [5, 5.41) is 16.9. The van der Waals surface area contributed by atoms with Crippen molar-refractivity contribution in [1.82, 2.24) is 9.97 Å². The second kappa shape index (κ2) is 5.35. The van der Waals surface area contributed by atoms with Crippen molar-refractivity contribution in [3.63, 3.8) is 0 Å². The molecule has 1 aromatic heterocycles. The molecular formula is C14H15N5O2. The third kappa shape index (κ3) is 2.49. The van der Waals surface area contributed by atoms with Gasteiger partial charge in [0.25, 0.3) is 0 Å². The summed E-state index contributed by atoms with van der Waals surface area (Å²) in [6.07, 6.45) is 2.21. The number of benzene rings is 1. The molecule has 2 N–H and O–H groups in total. The Hall–Kier alpha value is -2.70. The van der Waals surface area contributed by atoms with E-state index in [0.29, 0.717) is 18.4 Å². The zero-order valence-corrected chi connectivity index (χ0v) is 11.5. The topological polar surface area (TPSA) is 93.0 Å². The van der Waals surface area contributed by atoms with E-state index in [1.807, 2.05) is 12.1 Å². The Labute approximate surface area is 121 Å². The van der Waals surface area contributed by atoms with E-state index in [9.17, 15) is 10.1 Å². The Morgan fingerprint density at radius 2 is 2.24 bits per heavy atom. The summed E-state index contributed by atoms with van der Waals surface area (Å²) in [6.45, 7) is 0.623. The third-order valence-corrected chi connectivity index (χ3v) is 3.67. The number of rotatable bonds is 5. The van der Waals surface area contributed by atoms with Crippen LogP contribution in [-0.4, -0.2) is 28.5 Å². The lowest BCUT2D eigenvalue weighted by atomic mass is 9.77. The number of nitro groups is 1. The minimum Gasteiger partial charge on any atom is -0.364 e. The van der Waals surface area contributed by atoms with Crippen LogP contribution in [-0.2, 0) is 6.42 Å². The van der Waals surface area contributed by atoms with Crippen LogP contribution >= 0.6 is 0 Å². The molecule has 1 aliphatic rings. The average molecular weight is 285 g/mol. The number of nitrogens with zero attached hydrogens (tertiary/aromatic N) is 3. The molecule has 3 rings (SSSR count). The normalized spacial score (nSPS) is 15.8. The van der Waals surface area contributed by atoms with Crippen molar-refractivity contribution in [1.29, 1.82) is 0 Å². The van der Waals surface area contributed by atoms with Gasteiger partial charge in [-0.15, -0.1) is 0 Å². The van der Waals surface area contributed by atoms with Gasteiger partial charge >= 0.3 is 5.69 Å². The second-order valence-corrected chi connectivity index (χ2v) is 4.92. The molecular weight excluding hydrogens is 270 g/mol. The first-order valence-electron chi connectivity index (χ1n) is 6.70. The molecule has 1 aromatic carbocycles. The molecule has 0 fully saturated rings. The first kappa shape index (κ1) is 13.3. The van der Waals surface area contributed by atoms with Gasteiger partial charge < -0.3 is 10.6 Å². The van der Waals surface area contributed by atoms with E-state index in [1.165, 1.54) is 17.3 Å². The Bertz CT molecular complexity index is 689. The van der Waals surface area contributed by atoms with E-state index < -0.39 is 4.92 Å². The average Bonchev–Trinajstić information content (AvgIpc) is 2.47. The van der Waals surface area contributed by atoms with Crippen LogP contribution < -0.4 is 10.6 Å². The Kier molecular flexibility index (Phi) is 3.39. The predicted molar refractivity (Wildman–Crippen MR) is 79.6 cm³/mol. The maximum atomic E-state index is 11.0. The van der Waals surface area contributed by atoms with Gasteiger partial charge in [0.15, 0.2) is 0 Å². The lowest BCUT2D eigenvalue weighted by Crippen LogP contribution is -2.24. The molecule has 1 unspecified atom stereocenters. The van der Waals surface area contributed by atoms with Crippen LogP contribution in [0.15, 0.2) is 30.5 Å². The molecule has 0 saturated carbocycles. The van der Waals surface area contributed by atoms with Crippen LogP contribution in [0, 0.1) is 10.1 Å². The zero-order valence-electron chi connectivity index (χ0n) is 11.5. The second-order valence-electron chi connectivity index (χ2n) is 4.92. The van der Waals surface area contributed by atoms with Gasteiger partial charge in [0.1, 0.15) is 6.20 Å². The molecule has 108 valence electrons. The molecule has 21 heavy (non-hydrogen) atoms. The first-order chi connectivity index (χ1) is 10.2. The SMILES string of the molecule is CNc1ncc([N+](=O)[O-])c(NCC2Cc3ccccc32)n1. The summed E-state index contributed by atoms with van der Waals surface area (Å²) in [5.41, 5.74) is 2.54. The van der Waals surface area contributed by atoms with Gasteiger partial charge in [-0.25, -0.2) is 4.98 Å². The van der Waals surface area contributed by atoms with Gasteiger partial charge in [-0.3, -0.25) is 10.1 Å². The molecule has 0 radical (unpaired) electrons. The number of anilines is 2. The molecule has 1 heterocycles. The smallest absolute Gasteiger partial charge is 0.329 e. The highest BCUT2D eigenvalue weighted by atomic mass is 16.6. The van der Waals surface area contributed by atoms with E-state index in [-0.39, 0.29) is 11.5 Å². The van der Waals surface area contributed by atoms with Gasteiger partial charge in [-0.2, -0.15) is 4.98 Å². The molecule has 0 saturated heterocycles. The summed E-state index contributed by atoms with van der Waals surface area (Å²) in [4.78, 5) is 18.5. The van der Waals surface area contributed by atoms with Crippen LogP contribution in [0.5, 0.6) is 0 Å². The minimum atomic E-state index is -0.476. The Balaban J connectivity index is 1.75. The van der Waals surface area contributed by atoms with Gasteiger partial charge in [0.05, 0.1) is 4.92 Å². The Morgan fingerprint density at radius 1 is 1.43 bits per heavy atom. The molecule has 0 spiro atoms. The van der Waals surface area contributed by atoms with Gasteiger partial charge in [-0.05, 0) is 17.5 Å². The van der Waals surface area contributed by atoms with Crippen molar-refractivity contribution in [2.45, 2.75) is 12.3 Å². The van der Waals surface area contributed by atoms with Crippen molar-refractivity contribution in [2.75, 3.05) is 24.2 Å². The van der Waals surface area contributed by atoms with Crippen molar-refractivity contribution in [3.8, 4) is 0 Å². The standard InChI is InChI=1S/C14H15N5O2/c1-15-14-17-8-12(19(20)21)13(18-14)16-7-10-6-9-4-2-3-5-11(9)10/h2-5,8,10H,6-7H2,1H3,(H2,15,16,17,18). The number of hydrogen-bond acceptors (Lipinski definition) is 6. The first-order valence-corrected chi connectivity index (χ1v) is 6.70. The van der Waals surface area contributed by atoms with E-state index >= 15 is 0 Å². The molecule has 0 aliphatic heterocycles. The molecule has 7 heteroatoms. The Morgan fingerprint density at radius 3 is 2.95 bits per heavy atom. The van der Waals surface area contributed by atoms with Crippen LogP contribution in [0.4, 0.5) is 17.5 Å². The summed E-state index contributed by atoms with van der Waals surface area (Å²) in [7, 11) is 1.67. The lowest BCUT2D eigenvalue weighted by molar-refractivity contribution is -0.384. The molecule has 1 aliphatic carbocycles.